The van der Waals surface area contributed by atoms with Crippen molar-refractivity contribution in [1.82, 2.24) is 10.3 Å². The van der Waals surface area contributed by atoms with E-state index in [2.05, 4.69) is 15.6 Å². The maximum absolute atomic E-state index is 11.8. The van der Waals surface area contributed by atoms with Crippen molar-refractivity contribution >= 4 is 22.5 Å². The second kappa shape index (κ2) is 6.04. The van der Waals surface area contributed by atoms with E-state index in [9.17, 15) is 9.59 Å². The summed E-state index contributed by atoms with van der Waals surface area (Å²) in [5.41, 5.74) is -0.126. The highest BCUT2D eigenvalue weighted by molar-refractivity contribution is 5.83. The second-order valence-corrected chi connectivity index (χ2v) is 4.23. The Morgan fingerprint density at radius 2 is 2.11 bits per heavy atom. The Morgan fingerprint density at radius 3 is 2.89 bits per heavy atom. The van der Waals surface area contributed by atoms with Crippen LogP contribution in [-0.2, 0) is 4.79 Å². The van der Waals surface area contributed by atoms with Crippen molar-refractivity contribution in [2.24, 2.45) is 0 Å². The Labute approximate surface area is 111 Å². The van der Waals surface area contributed by atoms with Crippen molar-refractivity contribution in [2.75, 3.05) is 18.4 Å². The van der Waals surface area contributed by atoms with E-state index in [0.29, 0.717) is 30.7 Å². The van der Waals surface area contributed by atoms with Crippen LogP contribution >= 0.6 is 0 Å². The van der Waals surface area contributed by atoms with Gasteiger partial charge in [-0.2, -0.15) is 0 Å². The van der Waals surface area contributed by atoms with Crippen molar-refractivity contribution in [3.05, 3.63) is 40.7 Å². The van der Waals surface area contributed by atoms with Crippen LogP contribution in [0.25, 0.3) is 10.8 Å². The van der Waals surface area contributed by atoms with E-state index >= 15 is 0 Å². The van der Waals surface area contributed by atoms with Crippen molar-refractivity contribution in [2.45, 2.75) is 13.3 Å². The number of aromatic nitrogens is 1. The first kappa shape index (κ1) is 13.1. The maximum atomic E-state index is 11.8. The van der Waals surface area contributed by atoms with Crippen LogP contribution in [0, 0.1) is 0 Å². The number of nitrogens with one attached hydrogen (secondary N) is 3. The quantitative estimate of drug-likeness (QED) is 0.761. The second-order valence-electron chi connectivity index (χ2n) is 4.23. The van der Waals surface area contributed by atoms with Gasteiger partial charge in [-0.1, -0.05) is 18.2 Å². The van der Waals surface area contributed by atoms with Gasteiger partial charge < -0.3 is 15.6 Å². The number of carbonyl (C=O) groups is 1. The van der Waals surface area contributed by atoms with Gasteiger partial charge in [0.1, 0.15) is 5.82 Å². The monoisotopic (exact) mass is 259 g/mol. The summed E-state index contributed by atoms with van der Waals surface area (Å²) in [6, 6.07) is 9.26. The summed E-state index contributed by atoms with van der Waals surface area (Å²) >= 11 is 0. The zero-order valence-corrected chi connectivity index (χ0v) is 10.8. The van der Waals surface area contributed by atoms with Crippen LogP contribution in [0.5, 0.6) is 0 Å². The zero-order valence-electron chi connectivity index (χ0n) is 10.8. The number of hydrogen-bond donors (Lipinski definition) is 3. The molecule has 1 aromatic heterocycles. The summed E-state index contributed by atoms with van der Waals surface area (Å²) < 4.78 is 0. The smallest absolute Gasteiger partial charge is 0.257 e. The minimum Gasteiger partial charge on any atom is -0.371 e. The molecule has 0 bridgehead atoms. The van der Waals surface area contributed by atoms with Crippen molar-refractivity contribution in [1.29, 1.82) is 0 Å². The van der Waals surface area contributed by atoms with E-state index in [4.69, 9.17) is 0 Å². The highest BCUT2D eigenvalue weighted by Gasteiger charge is 2.02. The molecule has 0 atom stereocenters. The normalized spacial score (nSPS) is 10.4. The lowest BCUT2D eigenvalue weighted by atomic mass is 10.2. The summed E-state index contributed by atoms with van der Waals surface area (Å²) in [6.07, 6.45) is 0.378. The Morgan fingerprint density at radius 1 is 1.32 bits per heavy atom. The number of amides is 1. The number of benzene rings is 1. The molecule has 0 saturated carbocycles. The van der Waals surface area contributed by atoms with Gasteiger partial charge >= 0.3 is 0 Å². The molecule has 5 nitrogen and oxygen atoms in total. The standard InChI is InChI=1S/C14H17N3O2/c1-2-15-13(18)7-8-16-12-9-10-5-3-4-6-11(10)14(19)17-12/h3-6,9H,2,7-8H2,1H3,(H,15,18)(H2,16,17,19). The zero-order chi connectivity index (χ0) is 13.7. The highest BCUT2D eigenvalue weighted by atomic mass is 16.1. The molecular weight excluding hydrogens is 242 g/mol. The molecule has 0 aliphatic rings. The van der Waals surface area contributed by atoms with Crippen LogP contribution in [0.15, 0.2) is 35.1 Å². The highest BCUT2D eigenvalue weighted by Crippen LogP contribution is 2.12. The average molecular weight is 259 g/mol. The van der Waals surface area contributed by atoms with Crippen molar-refractivity contribution < 1.29 is 4.79 Å². The largest absolute Gasteiger partial charge is 0.371 e. The molecule has 0 fully saturated rings. The summed E-state index contributed by atoms with van der Waals surface area (Å²) in [5.74, 6) is 0.631. The predicted molar refractivity (Wildman–Crippen MR) is 76.4 cm³/mol. The molecule has 1 aromatic carbocycles. The number of H-pyrrole nitrogens is 1. The topological polar surface area (TPSA) is 74.0 Å². The number of fused-ring (bicyclic) bond motifs is 1. The van der Waals surface area contributed by atoms with Gasteiger partial charge in [-0.3, -0.25) is 9.59 Å². The summed E-state index contributed by atoms with van der Waals surface area (Å²) in [7, 11) is 0. The van der Waals surface area contributed by atoms with Crippen LogP contribution < -0.4 is 16.2 Å². The Balaban J connectivity index is 2.05. The Kier molecular flexibility index (Phi) is 4.18. The van der Waals surface area contributed by atoms with Crippen molar-refractivity contribution in [3.63, 3.8) is 0 Å². The van der Waals surface area contributed by atoms with Gasteiger partial charge in [0.25, 0.3) is 5.56 Å². The molecule has 100 valence electrons. The molecule has 0 aliphatic heterocycles. The average Bonchev–Trinajstić information content (AvgIpc) is 2.39. The van der Waals surface area contributed by atoms with Gasteiger partial charge in [-0.15, -0.1) is 0 Å². The third kappa shape index (κ3) is 3.34. The van der Waals surface area contributed by atoms with Gasteiger partial charge in [0.2, 0.25) is 5.91 Å². The van der Waals surface area contributed by atoms with Gasteiger partial charge in [-0.25, -0.2) is 0 Å². The van der Waals surface area contributed by atoms with Crippen LogP contribution in [0.3, 0.4) is 0 Å². The van der Waals surface area contributed by atoms with Gasteiger partial charge in [-0.05, 0) is 24.4 Å². The first-order chi connectivity index (χ1) is 9.20. The maximum Gasteiger partial charge on any atom is 0.257 e. The van der Waals surface area contributed by atoms with Crippen LogP contribution in [0.2, 0.25) is 0 Å². The van der Waals surface area contributed by atoms with Gasteiger partial charge in [0, 0.05) is 24.9 Å². The lowest BCUT2D eigenvalue weighted by Gasteiger charge is -2.07. The van der Waals surface area contributed by atoms with E-state index in [1.165, 1.54) is 0 Å². The molecule has 0 spiro atoms. The molecule has 19 heavy (non-hydrogen) atoms. The van der Waals surface area contributed by atoms with E-state index in [1.54, 1.807) is 6.07 Å². The molecular formula is C14H17N3O2. The van der Waals surface area contributed by atoms with Gasteiger partial charge in [0.05, 0.1) is 0 Å². The molecule has 2 aromatic rings. The van der Waals surface area contributed by atoms with E-state index in [0.717, 1.165) is 5.39 Å². The summed E-state index contributed by atoms with van der Waals surface area (Å²) in [6.45, 7) is 3.00. The molecule has 0 aliphatic carbocycles. The first-order valence-electron chi connectivity index (χ1n) is 6.33. The number of rotatable bonds is 5. The third-order valence-corrected chi connectivity index (χ3v) is 2.79. The fourth-order valence-corrected chi connectivity index (χ4v) is 1.90. The lowest BCUT2D eigenvalue weighted by molar-refractivity contribution is -0.120. The number of aromatic amines is 1. The SMILES string of the molecule is CCNC(=O)CCNc1cc2ccccc2c(=O)[nH]1. The minimum absolute atomic E-state index is 0.00173. The molecule has 0 radical (unpaired) electrons. The number of pyridine rings is 1. The lowest BCUT2D eigenvalue weighted by Crippen LogP contribution is -2.25. The predicted octanol–water partition coefficient (Wildman–Crippen LogP) is 1.47. The number of anilines is 1. The summed E-state index contributed by atoms with van der Waals surface area (Å²) in [5, 5.41) is 7.32. The molecule has 1 heterocycles. The van der Waals surface area contributed by atoms with E-state index < -0.39 is 0 Å². The fourth-order valence-electron chi connectivity index (χ4n) is 1.90. The third-order valence-electron chi connectivity index (χ3n) is 2.79. The Hall–Kier alpha value is -2.30. The summed E-state index contributed by atoms with van der Waals surface area (Å²) in [4.78, 5) is 25.9. The molecule has 3 N–H and O–H groups in total. The number of hydrogen-bond acceptors (Lipinski definition) is 3. The number of carbonyl (C=O) groups excluding carboxylic acids is 1. The molecule has 0 saturated heterocycles. The molecule has 1 amide bonds. The fraction of sp³-hybridized carbons (Fsp3) is 0.286. The van der Waals surface area contributed by atoms with Crippen LogP contribution in [0.4, 0.5) is 5.82 Å². The molecule has 5 heteroatoms. The molecule has 2 rings (SSSR count). The van der Waals surface area contributed by atoms with E-state index in [1.807, 2.05) is 31.2 Å². The minimum atomic E-state index is -0.126. The van der Waals surface area contributed by atoms with Crippen molar-refractivity contribution in [3.8, 4) is 0 Å². The van der Waals surface area contributed by atoms with Crippen LogP contribution in [0.1, 0.15) is 13.3 Å². The van der Waals surface area contributed by atoms with Gasteiger partial charge in [0.15, 0.2) is 0 Å². The van der Waals surface area contributed by atoms with Crippen LogP contribution in [-0.4, -0.2) is 24.0 Å². The first-order valence-corrected chi connectivity index (χ1v) is 6.33. The molecule has 0 unspecified atom stereocenters. The van der Waals surface area contributed by atoms with E-state index in [-0.39, 0.29) is 11.5 Å². The Bertz CT molecular complexity index is 634.